The molecule has 1 rings (SSSR count). The number of halogens is 1. The molecule has 0 fully saturated rings. The van der Waals surface area contributed by atoms with Gasteiger partial charge in [-0.1, -0.05) is 0 Å². The maximum Gasteiger partial charge on any atom is 0.338 e. The molecule has 9 heteroatoms. The van der Waals surface area contributed by atoms with Crippen LogP contribution in [0.5, 0.6) is 17.2 Å². The predicted molar refractivity (Wildman–Crippen MR) is 84.3 cm³/mol. The van der Waals surface area contributed by atoms with E-state index in [-0.39, 0.29) is 37.1 Å². The largest absolute Gasteiger partial charge is 0.493 e. The first kappa shape index (κ1) is 19.7. The van der Waals surface area contributed by atoms with Crippen molar-refractivity contribution in [3.63, 3.8) is 0 Å². The lowest BCUT2D eigenvalue weighted by Crippen LogP contribution is -2.23. The Balaban J connectivity index is 0.00000441. The third-order valence-electron chi connectivity index (χ3n) is 2.52. The van der Waals surface area contributed by atoms with Crippen molar-refractivity contribution in [1.82, 2.24) is 0 Å². The number of benzene rings is 1. The normalized spacial score (nSPS) is 9.23. The van der Waals surface area contributed by atoms with Gasteiger partial charge in [-0.05, 0) is 12.1 Å². The minimum Gasteiger partial charge on any atom is -0.493 e. The zero-order valence-corrected chi connectivity index (χ0v) is 13.4. The van der Waals surface area contributed by atoms with E-state index in [9.17, 15) is 4.79 Å². The summed E-state index contributed by atoms with van der Waals surface area (Å²) < 4.78 is 20.5. The topological polar surface area (TPSA) is 118 Å². The minimum absolute atomic E-state index is 0. The molecule has 0 radical (unpaired) electrons. The van der Waals surface area contributed by atoms with Crippen LogP contribution in [0.1, 0.15) is 10.4 Å². The quantitative estimate of drug-likeness (QED) is 0.324. The number of hydrogen-bond acceptors (Lipinski definition) is 6. The number of aliphatic imine (C=N–C) groups is 1. The van der Waals surface area contributed by atoms with Crippen LogP contribution in [0.15, 0.2) is 17.1 Å². The van der Waals surface area contributed by atoms with E-state index in [1.54, 1.807) is 0 Å². The van der Waals surface area contributed by atoms with E-state index in [1.807, 2.05) is 0 Å². The number of esters is 1. The van der Waals surface area contributed by atoms with Crippen LogP contribution in [0.4, 0.5) is 0 Å². The summed E-state index contributed by atoms with van der Waals surface area (Å²) in [6.07, 6.45) is 0. The van der Waals surface area contributed by atoms with Crippen LogP contribution in [-0.2, 0) is 4.74 Å². The first-order valence-corrected chi connectivity index (χ1v) is 6.06. The smallest absolute Gasteiger partial charge is 0.338 e. The van der Waals surface area contributed by atoms with Crippen molar-refractivity contribution in [3.8, 4) is 17.2 Å². The zero-order chi connectivity index (χ0) is 15.8. The van der Waals surface area contributed by atoms with Gasteiger partial charge in [-0.25, -0.2) is 4.79 Å². The highest BCUT2D eigenvalue weighted by Gasteiger charge is 2.17. The molecule has 0 atom stereocenters. The lowest BCUT2D eigenvalue weighted by atomic mass is 10.2. The van der Waals surface area contributed by atoms with Crippen LogP contribution in [0, 0.1) is 0 Å². The maximum absolute atomic E-state index is 11.9. The van der Waals surface area contributed by atoms with Crippen LogP contribution in [0.3, 0.4) is 0 Å². The van der Waals surface area contributed by atoms with E-state index in [0.717, 1.165) is 0 Å². The molecule has 0 heterocycles. The molecule has 0 saturated heterocycles. The molecule has 0 aliphatic heterocycles. The molecule has 1 aromatic carbocycles. The molecular weight excluding hydrogens is 314 g/mol. The summed E-state index contributed by atoms with van der Waals surface area (Å²) in [7, 11) is 4.41. The van der Waals surface area contributed by atoms with Gasteiger partial charge in [0.25, 0.3) is 0 Å². The fourth-order valence-corrected chi connectivity index (χ4v) is 1.60. The van der Waals surface area contributed by atoms with E-state index in [2.05, 4.69) is 4.99 Å². The Kier molecular flexibility index (Phi) is 8.54. The summed E-state index contributed by atoms with van der Waals surface area (Å²) in [4.78, 5) is 15.7. The monoisotopic (exact) mass is 333 g/mol. The van der Waals surface area contributed by atoms with E-state index < -0.39 is 5.97 Å². The standard InChI is InChI=1S/C13H19N3O5.ClH/c1-18-9-6-8(7-10(19-2)11(9)20-3)12(17)21-5-4-16-13(14)15;/h6-7H,4-5H2,1-3H3,(H4,14,15,16);1H. The predicted octanol–water partition coefficient (Wildman–Crippen LogP) is 0.564. The van der Waals surface area contributed by atoms with Gasteiger partial charge in [0.2, 0.25) is 5.75 Å². The van der Waals surface area contributed by atoms with Crippen molar-refractivity contribution in [2.24, 2.45) is 16.5 Å². The Morgan fingerprint density at radius 1 is 1.09 bits per heavy atom. The second-order valence-electron chi connectivity index (χ2n) is 3.86. The maximum atomic E-state index is 11.9. The van der Waals surface area contributed by atoms with E-state index in [4.69, 9.17) is 30.4 Å². The van der Waals surface area contributed by atoms with Gasteiger partial charge >= 0.3 is 5.97 Å². The lowest BCUT2D eigenvalue weighted by Gasteiger charge is -2.13. The molecule has 0 bridgehead atoms. The molecule has 0 spiro atoms. The number of rotatable bonds is 7. The van der Waals surface area contributed by atoms with Crippen LogP contribution in [0.2, 0.25) is 0 Å². The second kappa shape index (κ2) is 9.56. The van der Waals surface area contributed by atoms with Crippen molar-refractivity contribution in [2.75, 3.05) is 34.5 Å². The van der Waals surface area contributed by atoms with Crippen molar-refractivity contribution in [3.05, 3.63) is 17.7 Å². The molecule has 22 heavy (non-hydrogen) atoms. The Labute approximate surface area is 134 Å². The summed E-state index contributed by atoms with van der Waals surface area (Å²) in [5, 5.41) is 0. The summed E-state index contributed by atoms with van der Waals surface area (Å²) in [6.45, 7) is 0.256. The molecular formula is C13H20ClN3O5. The fraction of sp³-hybridized carbons (Fsp3) is 0.385. The van der Waals surface area contributed by atoms with Gasteiger partial charge in [0, 0.05) is 0 Å². The first-order valence-electron chi connectivity index (χ1n) is 6.06. The SMILES string of the molecule is COc1cc(C(=O)OCCN=C(N)N)cc(OC)c1OC.Cl. The number of guanidine groups is 1. The van der Waals surface area contributed by atoms with Gasteiger partial charge in [0.05, 0.1) is 33.4 Å². The Morgan fingerprint density at radius 2 is 1.64 bits per heavy atom. The molecule has 0 unspecified atom stereocenters. The number of nitrogens with zero attached hydrogens (tertiary/aromatic N) is 1. The Hall–Kier alpha value is -2.35. The van der Waals surface area contributed by atoms with Crippen molar-refractivity contribution < 1.29 is 23.7 Å². The van der Waals surface area contributed by atoms with Crippen LogP contribution >= 0.6 is 12.4 Å². The minimum atomic E-state index is -0.542. The molecule has 0 aromatic heterocycles. The van der Waals surface area contributed by atoms with E-state index in [0.29, 0.717) is 17.2 Å². The van der Waals surface area contributed by atoms with Crippen molar-refractivity contribution >= 4 is 24.3 Å². The van der Waals surface area contributed by atoms with Gasteiger partial charge in [-0.3, -0.25) is 4.99 Å². The highest BCUT2D eigenvalue weighted by atomic mass is 35.5. The molecule has 8 nitrogen and oxygen atoms in total. The van der Waals surface area contributed by atoms with Crippen LogP contribution in [-0.4, -0.2) is 46.4 Å². The third kappa shape index (κ3) is 5.21. The molecule has 0 aliphatic carbocycles. The summed E-state index contributed by atoms with van der Waals surface area (Å²) in [5.41, 5.74) is 10.6. The number of carbonyl (C=O) groups excluding carboxylic acids is 1. The Bertz CT molecular complexity index is 507. The average Bonchev–Trinajstić information content (AvgIpc) is 2.49. The molecule has 0 saturated carbocycles. The van der Waals surface area contributed by atoms with Gasteiger partial charge < -0.3 is 30.4 Å². The molecule has 0 amide bonds. The number of hydrogen-bond donors (Lipinski definition) is 2. The second-order valence-corrected chi connectivity index (χ2v) is 3.86. The molecule has 1 aromatic rings. The first-order chi connectivity index (χ1) is 10.0. The number of nitrogens with two attached hydrogens (primary N) is 2. The van der Waals surface area contributed by atoms with Crippen LogP contribution < -0.4 is 25.7 Å². The number of methoxy groups -OCH3 is 3. The average molecular weight is 334 g/mol. The Morgan fingerprint density at radius 3 is 2.05 bits per heavy atom. The van der Waals surface area contributed by atoms with Crippen LogP contribution in [0.25, 0.3) is 0 Å². The van der Waals surface area contributed by atoms with E-state index in [1.165, 1.54) is 33.5 Å². The summed E-state index contributed by atoms with van der Waals surface area (Å²) >= 11 is 0. The highest BCUT2D eigenvalue weighted by Crippen LogP contribution is 2.38. The van der Waals surface area contributed by atoms with Gasteiger partial charge in [0.1, 0.15) is 6.61 Å². The van der Waals surface area contributed by atoms with Crippen molar-refractivity contribution in [2.45, 2.75) is 0 Å². The van der Waals surface area contributed by atoms with Gasteiger partial charge in [0.15, 0.2) is 17.5 Å². The molecule has 0 aliphatic rings. The number of carbonyl (C=O) groups is 1. The third-order valence-corrected chi connectivity index (χ3v) is 2.52. The highest BCUT2D eigenvalue weighted by molar-refractivity contribution is 5.91. The zero-order valence-electron chi connectivity index (χ0n) is 12.6. The number of ether oxygens (including phenoxy) is 4. The molecule has 4 N–H and O–H groups in total. The van der Waals surface area contributed by atoms with Gasteiger partial charge in [-0.15, -0.1) is 12.4 Å². The fourth-order valence-electron chi connectivity index (χ4n) is 1.60. The summed E-state index contributed by atoms with van der Waals surface area (Å²) in [5.74, 6) is 0.539. The lowest BCUT2D eigenvalue weighted by molar-refractivity contribution is 0.0516. The van der Waals surface area contributed by atoms with Gasteiger partial charge in [-0.2, -0.15) is 0 Å². The molecule has 124 valence electrons. The van der Waals surface area contributed by atoms with Crippen molar-refractivity contribution in [1.29, 1.82) is 0 Å². The summed E-state index contributed by atoms with van der Waals surface area (Å²) in [6, 6.07) is 3.01. The van der Waals surface area contributed by atoms with E-state index >= 15 is 0 Å².